The van der Waals surface area contributed by atoms with Crippen molar-refractivity contribution in [2.24, 2.45) is 11.1 Å². The lowest BCUT2D eigenvalue weighted by Gasteiger charge is -2.31. The number of carbonyl (C=O) groups excluding carboxylic acids is 1. The molecule has 0 spiro atoms. The van der Waals surface area contributed by atoms with Gasteiger partial charge in [0.05, 0.1) is 5.41 Å². The average Bonchev–Trinajstić information content (AvgIpc) is 2.47. The van der Waals surface area contributed by atoms with Crippen molar-refractivity contribution in [2.75, 3.05) is 0 Å². The van der Waals surface area contributed by atoms with Crippen LogP contribution >= 0.6 is 0 Å². The maximum atomic E-state index is 12.0. The number of amides is 1. The summed E-state index contributed by atoms with van der Waals surface area (Å²) in [5, 5.41) is 11.5. The van der Waals surface area contributed by atoms with Gasteiger partial charge in [0.25, 0.3) is 0 Å². The quantitative estimate of drug-likeness (QED) is 0.655. The van der Waals surface area contributed by atoms with Crippen LogP contribution in [0.2, 0.25) is 0 Å². The summed E-state index contributed by atoms with van der Waals surface area (Å²) in [7, 11) is 0. The first kappa shape index (κ1) is 13.0. The molecule has 0 heterocycles. The number of nitrogens with one attached hydrogen (secondary N) is 1. The molecule has 0 saturated heterocycles. The van der Waals surface area contributed by atoms with Crippen molar-refractivity contribution in [3.05, 3.63) is 0 Å². The lowest BCUT2D eigenvalue weighted by molar-refractivity contribution is -0.148. The van der Waals surface area contributed by atoms with Crippen LogP contribution in [0.3, 0.4) is 0 Å². The van der Waals surface area contributed by atoms with Crippen LogP contribution in [0.1, 0.15) is 40.0 Å². The van der Waals surface area contributed by atoms with Crippen LogP contribution in [0.5, 0.6) is 0 Å². The van der Waals surface area contributed by atoms with Gasteiger partial charge in [0.1, 0.15) is 5.54 Å². The van der Waals surface area contributed by atoms with E-state index in [1.54, 1.807) is 6.92 Å². The predicted molar refractivity (Wildman–Crippen MR) is 59.8 cm³/mol. The molecule has 0 aliphatic heterocycles. The normalized spacial score (nSPS) is 30.1. The Morgan fingerprint density at radius 1 is 1.50 bits per heavy atom. The van der Waals surface area contributed by atoms with Gasteiger partial charge in [-0.1, -0.05) is 6.42 Å². The molecule has 0 aromatic heterocycles. The lowest BCUT2D eigenvalue weighted by atomic mass is 9.83. The highest BCUT2D eigenvalue weighted by Crippen LogP contribution is 2.37. The Labute approximate surface area is 95.4 Å². The summed E-state index contributed by atoms with van der Waals surface area (Å²) >= 11 is 0. The highest BCUT2D eigenvalue weighted by atomic mass is 16.4. The van der Waals surface area contributed by atoms with E-state index in [0.29, 0.717) is 0 Å². The van der Waals surface area contributed by atoms with Gasteiger partial charge in [0, 0.05) is 6.04 Å². The average molecular weight is 228 g/mol. The zero-order valence-electron chi connectivity index (χ0n) is 10.0. The molecule has 1 aliphatic carbocycles. The molecule has 1 amide bonds. The van der Waals surface area contributed by atoms with Crippen molar-refractivity contribution in [1.29, 1.82) is 0 Å². The SMILES string of the molecule is CC(C)(NC(=O)C1(C)CCCC1N)C(=O)O. The molecule has 1 saturated carbocycles. The summed E-state index contributed by atoms with van der Waals surface area (Å²) in [5.74, 6) is -1.30. The third-order valence-electron chi connectivity index (χ3n) is 3.51. The van der Waals surface area contributed by atoms with Gasteiger partial charge in [0.2, 0.25) is 5.91 Å². The van der Waals surface area contributed by atoms with Gasteiger partial charge in [-0.05, 0) is 33.6 Å². The summed E-state index contributed by atoms with van der Waals surface area (Å²) in [5.41, 5.74) is 4.02. The standard InChI is InChI=1S/C11H20N2O3/c1-10(2,9(15)16)13-8(14)11(3)6-4-5-7(11)12/h7H,4-6,12H2,1-3H3,(H,13,14)(H,15,16). The third-order valence-corrected chi connectivity index (χ3v) is 3.51. The molecule has 0 bridgehead atoms. The van der Waals surface area contributed by atoms with Crippen LogP contribution in [0.25, 0.3) is 0 Å². The van der Waals surface area contributed by atoms with E-state index in [2.05, 4.69) is 5.32 Å². The second-order valence-electron chi connectivity index (χ2n) is 5.30. The second kappa shape index (κ2) is 4.05. The summed E-state index contributed by atoms with van der Waals surface area (Å²) in [6.45, 7) is 4.74. The summed E-state index contributed by atoms with van der Waals surface area (Å²) in [6, 6.07) is -0.183. The maximum absolute atomic E-state index is 12.0. The number of carboxylic acid groups (broad SMARTS) is 1. The number of nitrogens with two attached hydrogens (primary N) is 1. The second-order valence-corrected chi connectivity index (χ2v) is 5.30. The van der Waals surface area contributed by atoms with Crippen LogP contribution in [0.4, 0.5) is 0 Å². The van der Waals surface area contributed by atoms with Crippen molar-refractivity contribution in [3.63, 3.8) is 0 Å². The molecule has 16 heavy (non-hydrogen) atoms. The molecule has 1 aliphatic rings. The molecular formula is C11H20N2O3. The predicted octanol–water partition coefficient (Wildman–Crippen LogP) is 0.483. The zero-order valence-corrected chi connectivity index (χ0v) is 10.0. The molecule has 4 N–H and O–H groups in total. The van der Waals surface area contributed by atoms with E-state index in [4.69, 9.17) is 10.8 Å². The maximum Gasteiger partial charge on any atom is 0.328 e. The van der Waals surface area contributed by atoms with E-state index >= 15 is 0 Å². The first-order chi connectivity index (χ1) is 7.20. The van der Waals surface area contributed by atoms with Crippen molar-refractivity contribution in [3.8, 4) is 0 Å². The molecule has 1 fully saturated rings. The van der Waals surface area contributed by atoms with Gasteiger partial charge >= 0.3 is 5.97 Å². The molecule has 2 unspecified atom stereocenters. The van der Waals surface area contributed by atoms with E-state index in [0.717, 1.165) is 19.3 Å². The Kier molecular flexibility index (Phi) is 3.28. The minimum atomic E-state index is -1.25. The Morgan fingerprint density at radius 3 is 2.44 bits per heavy atom. The zero-order chi connectivity index (χ0) is 12.6. The molecule has 2 atom stereocenters. The van der Waals surface area contributed by atoms with Gasteiger partial charge in [0.15, 0.2) is 0 Å². The largest absolute Gasteiger partial charge is 0.480 e. The van der Waals surface area contributed by atoms with E-state index in [-0.39, 0.29) is 11.9 Å². The monoisotopic (exact) mass is 228 g/mol. The third kappa shape index (κ3) is 2.19. The Bertz CT molecular complexity index is 314. The number of hydrogen-bond acceptors (Lipinski definition) is 3. The molecule has 92 valence electrons. The fourth-order valence-electron chi connectivity index (χ4n) is 1.96. The summed E-state index contributed by atoms with van der Waals surface area (Å²) < 4.78 is 0. The molecule has 5 nitrogen and oxygen atoms in total. The Balaban J connectivity index is 2.76. The van der Waals surface area contributed by atoms with Crippen LogP contribution < -0.4 is 11.1 Å². The van der Waals surface area contributed by atoms with E-state index in [1.165, 1.54) is 13.8 Å². The molecule has 5 heteroatoms. The Morgan fingerprint density at radius 2 is 2.06 bits per heavy atom. The van der Waals surface area contributed by atoms with Crippen LogP contribution in [-0.2, 0) is 9.59 Å². The summed E-state index contributed by atoms with van der Waals surface area (Å²) in [4.78, 5) is 23.0. The first-order valence-electron chi connectivity index (χ1n) is 5.52. The van der Waals surface area contributed by atoms with Crippen LogP contribution in [0, 0.1) is 5.41 Å². The molecular weight excluding hydrogens is 208 g/mol. The fourth-order valence-corrected chi connectivity index (χ4v) is 1.96. The van der Waals surface area contributed by atoms with Gasteiger partial charge in [-0.3, -0.25) is 4.79 Å². The lowest BCUT2D eigenvalue weighted by Crippen LogP contribution is -2.56. The number of carboxylic acids is 1. The smallest absolute Gasteiger partial charge is 0.328 e. The molecule has 1 rings (SSSR count). The van der Waals surface area contributed by atoms with Gasteiger partial charge in [-0.2, -0.15) is 0 Å². The minimum absolute atomic E-state index is 0.183. The molecule has 0 aromatic rings. The first-order valence-corrected chi connectivity index (χ1v) is 5.52. The van der Waals surface area contributed by atoms with E-state index < -0.39 is 16.9 Å². The van der Waals surface area contributed by atoms with E-state index in [9.17, 15) is 9.59 Å². The summed E-state index contributed by atoms with van der Waals surface area (Å²) in [6.07, 6.45) is 2.45. The van der Waals surface area contributed by atoms with Gasteiger partial charge in [-0.15, -0.1) is 0 Å². The number of carbonyl (C=O) groups is 2. The van der Waals surface area contributed by atoms with Crippen molar-refractivity contribution >= 4 is 11.9 Å². The fraction of sp³-hybridized carbons (Fsp3) is 0.818. The van der Waals surface area contributed by atoms with Crippen molar-refractivity contribution in [1.82, 2.24) is 5.32 Å². The molecule has 0 aromatic carbocycles. The number of aliphatic carboxylic acids is 1. The van der Waals surface area contributed by atoms with Crippen molar-refractivity contribution in [2.45, 2.75) is 51.6 Å². The van der Waals surface area contributed by atoms with Crippen LogP contribution in [-0.4, -0.2) is 28.6 Å². The highest BCUT2D eigenvalue weighted by molar-refractivity contribution is 5.89. The van der Waals surface area contributed by atoms with Crippen molar-refractivity contribution < 1.29 is 14.7 Å². The van der Waals surface area contributed by atoms with Crippen LogP contribution in [0.15, 0.2) is 0 Å². The number of rotatable bonds is 3. The van der Waals surface area contributed by atoms with Gasteiger partial charge in [-0.25, -0.2) is 4.79 Å². The van der Waals surface area contributed by atoms with E-state index in [1.807, 2.05) is 0 Å². The number of hydrogen-bond donors (Lipinski definition) is 3. The topological polar surface area (TPSA) is 92.4 Å². The minimum Gasteiger partial charge on any atom is -0.480 e. The highest BCUT2D eigenvalue weighted by Gasteiger charge is 2.45. The Hall–Kier alpha value is -1.10. The van der Waals surface area contributed by atoms with Gasteiger partial charge < -0.3 is 16.2 Å². The molecule has 0 radical (unpaired) electrons.